The Balaban J connectivity index is 1.99. The molecule has 0 atom stereocenters. The Bertz CT molecular complexity index is 489. The van der Waals surface area contributed by atoms with E-state index in [9.17, 15) is 0 Å². The van der Waals surface area contributed by atoms with Crippen LogP contribution in [0, 0.1) is 0 Å². The fraction of sp³-hybridized carbons (Fsp3) is 0.333. The molecular formula is C12H14N4. The van der Waals surface area contributed by atoms with Gasteiger partial charge in [0, 0.05) is 37.5 Å². The molecule has 0 fully saturated rings. The fourth-order valence-electron chi connectivity index (χ4n) is 2.06. The van der Waals surface area contributed by atoms with Crippen LogP contribution in [0.5, 0.6) is 0 Å². The second kappa shape index (κ2) is 3.72. The average Bonchev–Trinajstić information content (AvgIpc) is 2.73. The molecular weight excluding hydrogens is 200 g/mol. The summed E-state index contributed by atoms with van der Waals surface area (Å²) in [5.74, 6) is 0.888. The van der Waals surface area contributed by atoms with Gasteiger partial charge < -0.3 is 4.90 Å². The first-order chi connectivity index (χ1) is 7.83. The summed E-state index contributed by atoms with van der Waals surface area (Å²) in [6.45, 7) is 2.08. The smallest absolute Gasteiger partial charge is 0.153 e. The minimum atomic E-state index is 0.888. The van der Waals surface area contributed by atoms with Crippen molar-refractivity contribution in [2.75, 3.05) is 13.6 Å². The second-order valence-electron chi connectivity index (χ2n) is 4.22. The van der Waals surface area contributed by atoms with E-state index in [2.05, 4.69) is 28.2 Å². The number of likely N-dealkylation sites (N-methyl/N-ethyl adjacent to an activating group) is 1. The van der Waals surface area contributed by atoms with Gasteiger partial charge in [0.05, 0.1) is 5.69 Å². The molecule has 1 aliphatic heterocycles. The standard InChI is InChI=1S/C12H14N4/c1-15-7-5-11-10(8-15)9-16(14-11)12-4-2-3-6-13-12/h2-4,6,9H,5,7-8H2,1H3. The van der Waals surface area contributed by atoms with E-state index in [1.165, 1.54) is 11.3 Å². The van der Waals surface area contributed by atoms with Crippen molar-refractivity contribution in [1.29, 1.82) is 0 Å². The molecule has 16 heavy (non-hydrogen) atoms. The van der Waals surface area contributed by atoms with Crippen LogP contribution < -0.4 is 0 Å². The van der Waals surface area contributed by atoms with E-state index < -0.39 is 0 Å². The van der Waals surface area contributed by atoms with Gasteiger partial charge in [0.2, 0.25) is 0 Å². The van der Waals surface area contributed by atoms with E-state index in [-0.39, 0.29) is 0 Å². The van der Waals surface area contributed by atoms with E-state index in [0.717, 1.165) is 25.3 Å². The summed E-state index contributed by atoms with van der Waals surface area (Å²) in [6, 6.07) is 5.87. The van der Waals surface area contributed by atoms with Gasteiger partial charge in [-0.05, 0) is 19.2 Å². The molecule has 0 aliphatic carbocycles. The van der Waals surface area contributed by atoms with E-state index in [1.807, 2.05) is 22.9 Å². The van der Waals surface area contributed by atoms with Gasteiger partial charge in [0.25, 0.3) is 0 Å². The van der Waals surface area contributed by atoms with Gasteiger partial charge in [-0.3, -0.25) is 0 Å². The van der Waals surface area contributed by atoms with E-state index in [0.29, 0.717) is 0 Å². The molecule has 0 amide bonds. The summed E-state index contributed by atoms with van der Waals surface area (Å²) < 4.78 is 1.88. The van der Waals surface area contributed by atoms with Crippen LogP contribution in [-0.2, 0) is 13.0 Å². The third-order valence-electron chi connectivity index (χ3n) is 2.93. The number of rotatable bonds is 1. The van der Waals surface area contributed by atoms with Crippen LogP contribution in [0.4, 0.5) is 0 Å². The van der Waals surface area contributed by atoms with Gasteiger partial charge in [0.15, 0.2) is 5.82 Å². The van der Waals surface area contributed by atoms with E-state index >= 15 is 0 Å². The number of hydrogen-bond donors (Lipinski definition) is 0. The highest BCUT2D eigenvalue weighted by molar-refractivity contribution is 5.27. The van der Waals surface area contributed by atoms with Crippen LogP contribution in [0.25, 0.3) is 5.82 Å². The van der Waals surface area contributed by atoms with Crippen LogP contribution in [-0.4, -0.2) is 33.3 Å². The van der Waals surface area contributed by atoms with Gasteiger partial charge in [0.1, 0.15) is 0 Å². The third kappa shape index (κ3) is 1.61. The molecule has 0 radical (unpaired) electrons. The normalized spacial score (nSPS) is 16.1. The zero-order valence-electron chi connectivity index (χ0n) is 9.30. The highest BCUT2D eigenvalue weighted by atomic mass is 15.3. The lowest BCUT2D eigenvalue weighted by Crippen LogP contribution is -2.25. The summed E-state index contributed by atoms with van der Waals surface area (Å²) in [4.78, 5) is 6.61. The Hall–Kier alpha value is -1.68. The first-order valence-corrected chi connectivity index (χ1v) is 5.50. The van der Waals surface area contributed by atoms with Gasteiger partial charge in [-0.25, -0.2) is 9.67 Å². The van der Waals surface area contributed by atoms with Gasteiger partial charge >= 0.3 is 0 Å². The lowest BCUT2D eigenvalue weighted by Gasteiger charge is -2.20. The largest absolute Gasteiger partial charge is 0.302 e. The summed E-state index contributed by atoms with van der Waals surface area (Å²) >= 11 is 0. The van der Waals surface area contributed by atoms with Crippen molar-refractivity contribution in [3.05, 3.63) is 41.9 Å². The Morgan fingerprint density at radius 2 is 2.25 bits per heavy atom. The molecule has 3 heterocycles. The summed E-state index contributed by atoms with van der Waals surface area (Å²) in [5, 5.41) is 4.58. The molecule has 82 valence electrons. The Labute approximate surface area is 94.5 Å². The van der Waals surface area contributed by atoms with Gasteiger partial charge in [-0.15, -0.1) is 0 Å². The first-order valence-electron chi connectivity index (χ1n) is 5.50. The third-order valence-corrected chi connectivity index (χ3v) is 2.93. The highest BCUT2D eigenvalue weighted by Crippen LogP contribution is 2.17. The minimum Gasteiger partial charge on any atom is -0.302 e. The quantitative estimate of drug-likeness (QED) is 0.716. The fourth-order valence-corrected chi connectivity index (χ4v) is 2.06. The molecule has 2 aromatic rings. The van der Waals surface area contributed by atoms with E-state index in [4.69, 9.17) is 0 Å². The maximum Gasteiger partial charge on any atom is 0.153 e. The maximum absolute atomic E-state index is 4.58. The molecule has 0 spiro atoms. The Morgan fingerprint density at radius 3 is 3.06 bits per heavy atom. The minimum absolute atomic E-state index is 0.888. The number of nitrogens with zero attached hydrogens (tertiary/aromatic N) is 4. The maximum atomic E-state index is 4.58. The molecule has 4 heteroatoms. The number of hydrogen-bond acceptors (Lipinski definition) is 3. The molecule has 2 aromatic heterocycles. The summed E-state index contributed by atoms with van der Waals surface area (Å²) in [6.07, 6.45) is 4.92. The van der Waals surface area contributed by atoms with Crippen LogP contribution in [0.1, 0.15) is 11.3 Å². The van der Waals surface area contributed by atoms with Crippen molar-refractivity contribution in [1.82, 2.24) is 19.7 Å². The van der Waals surface area contributed by atoms with Gasteiger partial charge in [-0.1, -0.05) is 6.07 Å². The van der Waals surface area contributed by atoms with Crippen molar-refractivity contribution in [3.8, 4) is 5.82 Å². The topological polar surface area (TPSA) is 34.0 Å². The highest BCUT2D eigenvalue weighted by Gasteiger charge is 2.17. The van der Waals surface area contributed by atoms with Crippen molar-refractivity contribution in [2.24, 2.45) is 0 Å². The lowest BCUT2D eigenvalue weighted by atomic mass is 10.1. The van der Waals surface area contributed by atoms with Crippen LogP contribution >= 0.6 is 0 Å². The van der Waals surface area contributed by atoms with Crippen LogP contribution in [0.2, 0.25) is 0 Å². The van der Waals surface area contributed by atoms with Gasteiger partial charge in [-0.2, -0.15) is 5.10 Å². The Morgan fingerprint density at radius 1 is 1.31 bits per heavy atom. The SMILES string of the molecule is CN1CCc2nn(-c3ccccn3)cc2C1. The van der Waals surface area contributed by atoms with Crippen molar-refractivity contribution in [3.63, 3.8) is 0 Å². The number of pyridine rings is 1. The zero-order valence-corrected chi connectivity index (χ0v) is 9.30. The monoisotopic (exact) mass is 214 g/mol. The number of fused-ring (bicyclic) bond motifs is 1. The molecule has 0 bridgehead atoms. The summed E-state index contributed by atoms with van der Waals surface area (Å²) in [7, 11) is 2.14. The summed E-state index contributed by atoms with van der Waals surface area (Å²) in [5.41, 5.74) is 2.53. The first kappa shape index (κ1) is 9.54. The van der Waals surface area contributed by atoms with Crippen LogP contribution in [0.15, 0.2) is 30.6 Å². The van der Waals surface area contributed by atoms with Crippen molar-refractivity contribution < 1.29 is 0 Å². The predicted octanol–water partition coefficient (Wildman–Crippen LogP) is 1.26. The molecule has 4 nitrogen and oxygen atoms in total. The second-order valence-corrected chi connectivity index (χ2v) is 4.22. The molecule has 3 rings (SSSR count). The zero-order chi connectivity index (χ0) is 11.0. The lowest BCUT2D eigenvalue weighted by molar-refractivity contribution is 0.311. The molecule has 0 N–H and O–H groups in total. The molecule has 0 unspecified atom stereocenters. The number of aromatic nitrogens is 3. The molecule has 0 aromatic carbocycles. The molecule has 1 aliphatic rings. The van der Waals surface area contributed by atoms with Crippen molar-refractivity contribution in [2.45, 2.75) is 13.0 Å². The Kier molecular flexibility index (Phi) is 2.22. The van der Waals surface area contributed by atoms with E-state index in [1.54, 1.807) is 6.20 Å². The average molecular weight is 214 g/mol. The van der Waals surface area contributed by atoms with Crippen LogP contribution in [0.3, 0.4) is 0 Å². The molecule has 0 saturated carbocycles. The van der Waals surface area contributed by atoms with Crippen molar-refractivity contribution >= 4 is 0 Å². The predicted molar refractivity (Wildman–Crippen MR) is 61.4 cm³/mol. The molecule has 0 saturated heterocycles.